The molecule has 0 aliphatic heterocycles. The van der Waals surface area contributed by atoms with E-state index < -0.39 is 5.76 Å². The van der Waals surface area contributed by atoms with Crippen LogP contribution in [0.1, 0.15) is 26.1 Å². The van der Waals surface area contributed by atoms with Gasteiger partial charge in [-0.15, -0.1) is 12.4 Å². The van der Waals surface area contributed by atoms with Gasteiger partial charge in [0.05, 0.1) is 0 Å². The Morgan fingerprint density at radius 2 is 2.20 bits per heavy atom. The average Bonchev–Trinajstić information content (AvgIpc) is 2.49. The number of nitrogens with two attached hydrogens (primary N) is 1. The Morgan fingerprint density at radius 1 is 1.53 bits per heavy atom. The van der Waals surface area contributed by atoms with Crippen molar-refractivity contribution in [1.82, 2.24) is 10.1 Å². The number of hydrogen-bond acceptors (Lipinski definition) is 4. The van der Waals surface area contributed by atoms with E-state index in [1.165, 1.54) is 0 Å². The molecule has 0 spiro atoms. The Kier molecular flexibility index (Phi) is 6.27. The molecule has 5 nitrogen and oxygen atoms in total. The molecule has 1 aromatic rings. The first-order valence-electron chi connectivity index (χ1n) is 4.86. The fourth-order valence-corrected chi connectivity index (χ4v) is 1.55. The minimum Gasteiger partial charge on any atom is -0.330 e. The molecule has 0 radical (unpaired) electrons. The first-order chi connectivity index (χ1) is 6.61. The summed E-state index contributed by atoms with van der Waals surface area (Å²) in [7, 11) is 0. The van der Waals surface area contributed by atoms with Crippen molar-refractivity contribution in [3.8, 4) is 0 Å². The smallest absolute Gasteiger partial charge is 0.330 e. The second-order valence-corrected chi connectivity index (χ2v) is 3.98. The van der Waals surface area contributed by atoms with Gasteiger partial charge in [0.2, 0.25) is 0 Å². The molecular formula is C9H18ClN3O2. The molecule has 1 unspecified atom stereocenters. The lowest BCUT2D eigenvalue weighted by molar-refractivity contribution is 0.367. The molecule has 1 rings (SSSR count). The van der Waals surface area contributed by atoms with E-state index in [0.29, 0.717) is 30.6 Å². The van der Waals surface area contributed by atoms with Crippen LogP contribution in [0.3, 0.4) is 0 Å². The highest BCUT2D eigenvalue weighted by Gasteiger charge is 2.12. The van der Waals surface area contributed by atoms with Gasteiger partial charge in [-0.2, -0.15) is 0 Å². The van der Waals surface area contributed by atoms with E-state index >= 15 is 0 Å². The number of halogens is 1. The van der Waals surface area contributed by atoms with Crippen LogP contribution in [-0.4, -0.2) is 16.7 Å². The molecule has 6 heteroatoms. The average molecular weight is 236 g/mol. The topological polar surface area (TPSA) is 84.9 Å². The molecule has 1 heterocycles. The number of hydrogen-bond donors (Lipinski definition) is 2. The summed E-state index contributed by atoms with van der Waals surface area (Å²) < 4.78 is 4.41. The van der Waals surface area contributed by atoms with Gasteiger partial charge in [-0.3, -0.25) is 9.51 Å². The van der Waals surface area contributed by atoms with E-state index in [1.54, 1.807) is 0 Å². The minimum absolute atomic E-state index is 0. The summed E-state index contributed by atoms with van der Waals surface area (Å²) in [5.41, 5.74) is 5.63. The van der Waals surface area contributed by atoms with Crippen molar-refractivity contribution in [3.63, 3.8) is 0 Å². The van der Waals surface area contributed by atoms with E-state index in [4.69, 9.17) is 5.73 Å². The molecule has 0 aromatic carbocycles. The highest BCUT2D eigenvalue weighted by atomic mass is 35.5. The number of rotatable bonds is 5. The Balaban J connectivity index is 0.00000196. The quantitative estimate of drug-likeness (QED) is 0.796. The number of aromatic amines is 1. The molecule has 1 atom stereocenters. The molecule has 88 valence electrons. The zero-order valence-electron chi connectivity index (χ0n) is 9.03. The molecule has 0 aliphatic rings. The zero-order chi connectivity index (χ0) is 10.6. The van der Waals surface area contributed by atoms with E-state index in [1.807, 2.05) is 0 Å². The molecule has 0 saturated heterocycles. The molecule has 0 bridgehead atoms. The lowest BCUT2D eigenvalue weighted by atomic mass is 9.94. The van der Waals surface area contributed by atoms with Gasteiger partial charge < -0.3 is 5.73 Å². The monoisotopic (exact) mass is 235 g/mol. The third kappa shape index (κ3) is 4.99. The zero-order valence-corrected chi connectivity index (χ0v) is 9.84. The van der Waals surface area contributed by atoms with Crippen molar-refractivity contribution in [1.29, 1.82) is 0 Å². The lowest BCUT2D eigenvalue weighted by Crippen LogP contribution is -2.19. The second kappa shape index (κ2) is 6.63. The number of nitrogens with zero attached hydrogens (tertiary/aromatic N) is 1. The van der Waals surface area contributed by atoms with Gasteiger partial charge in [-0.1, -0.05) is 19.0 Å². The third-order valence-electron chi connectivity index (χ3n) is 2.11. The summed E-state index contributed by atoms with van der Waals surface area (Å²) in [4.78, 5) is 13.2. The standard InChI is InChI=1S/C9H17N3O2.ClH/c1-6(2)3-7(5-10)4-8-11-9(13)14-12-8;/h6-7H,3-5,10H2,1-2H3,(H,11,12,13);1H. The first kappa shape index (κ1) is 14.2. The van der Waals surface area contributed by atoms with Crippen LogP contribution in [0.25, 0.3) is 0 Å². The Bertz CT molecular complexity index is 321. The van der Waals surface area contributed by atoms with Crippen LogP contribution in [0.2, 0.25) is 0 Å². The van der Waals surface area contributed by atoms with Gasteiger partial charge in [0.25, 0.3) is 0 Å². The lowest BCUT2D eigenvalue weighted by Gasteiger charge is -2.14. The molecule has 15 heavy (non-hydrogen) atoms. The summed E-state index contributed by atoms with van der Waals surface area (Å²) >= 11 is 0. The van der Waals surface area contributed by atoms with Crippen molar-refractivity contribution in [2.45, 2.75) is 26.7 Å². The maximum absolute atomic E-state index is 10.7. The Labute approximate surface area is 94.8 Å². The van der Waals surface area contributed by atoms with Crippen LogP contribution in [0, 0.1) is 11.8 Å². The normalized spacial score (nSPS) is 12.5. The van der Waals surface area contributed by atoms with Gasteiger partial charge in [-0.25, -0.2) is 4.79 Å². The summed E-state index contributed by atoms with van der Waals surface area (Å²) in [6.07, 6.45) is 1.71. The van der Waals surface area contributed by atoms with Crippen molar-refractivity contribution in [3.05, 3.63) is 16.4 Å². The number of aromatic nitrogens is 2. The molecule has 3 N–H and O–H groups in total. The van der Waals surface area contributed by atoms with Crippen LogP contribution in [0.4, 0.5) is 0 Å². The third-order valence-corrected chi connectivity index (χ3v) is 2.11. The summed E-state index contributed by atoms with van der Waals surface area (Å²) in [5, 5.41) is 3.61. The maximum atomic E-state index is 10.7. The summed E-state index contributed by atoms with van der Waals surface area (Å²) in [6.45, 7) is 4.90. The van der Waals surface area contributed by atoms with Crippen LogP contribution in [0.15, 0.2) is 9.32 Å². The van der Waals surface area contributed by atoms with Crippen LogP contribution < -0.4 is 11.5 Å². The van der Waals surface area contributed by atoms with Gasteiger partial charge >= 0.3 is 5.76 Å². The predicted octanol–water partition coefficient (Wildman–Crippen LogP) is 0.948. The van der Waals surface area contributed by atoms with E-state index in [2.05, 4.69) is 28.5 Å². The summed E-state index contributed by atoms with van der Waals surface area (Å²) in [6, 6.07) is 0. The molecule has 1 aromatic heterocycles. The van der Waals surface area contributed by atoms with Crippen LogP contribution >= 0.6 is 12.4 Å². The van der Waals surface area contributed by atoms with Gasteiger partial charge in [0.1, 0.15) is 0 Å². The molecule has 0 fully saturated rings. The van der Waals surface area contributed by atoms with Crippen LogP contribution in [-0.2, 0) is 6.42 Å². The SMILES string of the molecule is CC(C)CC(CN)Cc1noc(=O)[nH]1.Cl. The maximum Gasteiger partial charge on any atom is 0.438 e. The van der Waals surface area contributed by atoms with Crippen molar-refractivity contribution >= 4 is 12.4 Å². The van der Waals surface area contributed by atoms with Crippen LogP contribution in [0.5, 0.6) is 0 Å². The van der Waals surface area contributed by atoms with Crippen molar-refractivity contribution < 1.29 is 4.52 Å². The molecule has 0 amide bonds. The largest absolute Gasteiger partial charge is 0.438 e. The van der Waals surface area contributed by atoms with Crippen molar-refractivity contribution in [2.24, 2.45) is 17.6 Å². The van der Waals surface area contributed by atoms with E-state index in [0.717, 1.165) is 6.42 Å². The van der Waals surface area contributed by atoms with Gasteiger partial charge in [-0.05, 0) is 24.8 Å². The Hall–Kier alpha value is -0.810. The second-order valence-electron chi connectivity index (χ2n) is 3.98. The highest BCUT2D eigenvalue weighted by molar-refractivity contribution is 5.85. The molecular weight excluding hydrogens is 218 g/mol. The number of H-pyrrole nitrogens is 1. The molecule has 0 aliphatic carbocycles. The Morgan fingerprint density at radius 3 is 2.60 bits per heavy atom. The number of nitrogens with one attached hydrogen (secondary N) is 1. The first-order valence-corrected chi connectivity index (χ1v) is 4.86. The summed E-state index contributed by atoms with van der Waals surface area (Å²) in [5.74, 6) is 1.05. The fourth-order valence-electron chi connectivity index (χ4n) is 1.55. The van der Waals surface area contributed by atoms with Gasteiger partial charge in [0.15, 0.2) is 5.82 Å². The predicted molar refractivity (Wildman–Crippen MR) is 60.1 cm³/mol. The highest BCUT2D eigenvalue weighted by Crippen LogP contribution is 2.13. The van der Waals surface area contributed by atoms with Crippen molar-refractivity contribution in [2.75, 3.05) is 6.54 Å². The fraction of sp³-hybridized carbons (Fsp3) is 0.778. The van der Waals surface area contributed by atoms with Gasteiger partial charge in [0, 0.05) is 6.42 Å². The molecule has 0 saturated carbocycles. The van der Waals surface area contributed by atoms with E-state index in [9.17, 15) is 4.79 Å². The minimum atomic E-state index is -0.500. The van der Waals surface area contributed by atoms with E-state index in [-0.39, 0.29) is 12.4 Å².